The van der Waals surface area contributed by atoms with Crippen LogP contribution in [-0.2, 0) is 11.3 Å². The molecule has 0 aliphatic rings. The van der Waals surface area contributed by atoms with Gasteiger partial charge in [-0.3, -0.25) is 0 Å². The zero-order valence-corrected chi connectivity index (χ0v) is 12.7. The van der Waals surface area contributed by atoms with Crippen LogP contribution in [0.5, 0.6) is 0 Å². The molecule has 8 heteroatoms. The van der Waals surface area contributed by atoms with Gasteiger partial charge < -0.3 is 9.84 Å². The molecule has 0 unspecified atom stereocenters. The molecular formula is C16H13FN4O3. The lowest BCUT2D eigenvalue weighted by Crippen LogP contribution is -2.10. The Morgan fingerprint density at radius 1 is 1.33 bits per heavy atom. The number of aromatic nitrogens is 4. The first-order valence-electron chi connectivity index (χ1n) is 6.99. The molecule has 1 N–H and O–H groups in total. The standard InChI is InChI=1S/C16H13FN4O3/c1-24-9-14-11(15(22)23)8-19-21(14)16-18-7-6-13(20-16)10-4-2-3-5-12(10)17/h2-8H,9H2,1H3,(H,22,23). The summed E-state index contributed by atoms with van der Waals surface area (Å²) < 4.78 is 20.2. The molecule has 1 aromatic carbocycles. The molecule has 0 spiro atoms. The molecule has 0 fully saturated rings. The fourth-order valence-electron chi connectivity index (χ4n) is 2.27. The van der Waals surface area contributed by atoms with Crippen LogP contribution in [0.3, 0.4) is 0 Å². The fraction of sp³-hybridized carbons (Fsp3) is 0.125. The highest BCUT2D eigenvalue weighted by Gasteiger charge is 2.19. The quantitative estimate of drug-likeness (QED) is 0.773. The van der Waals surface area contributed by atoms with E-state index < -0.39 is 11.8 Å². The molecule has 24 heavy (non-hydrogen) atoms. The van der Waals surface area contributed by atoms with Crippen molar-refractivity contribution in [3.63, 3.8) is 0 Å². The van der Waals surface area contributed by atoms with E-state index in [1.807, 2.05) is 0 Å². The Morgan fingerprint density at radius 3 is 2.83 bits per heavy atom. The maximum Gasteiger partial charge on any atom is 0.339 e. The molecule has 3 rings (SSSR count). The van der Waals surface area contributed by atoms with Gasteiger partial charge in [0.25, 0.3) is 5.95 Å². The van der Waals surface area contributed by atoms with Crippen LogP contribution in [0, 0.1) is 5.82 Å². The normalized spacial score (nSPS) is 10.8. The number of hydrogen-bond acceptors (Lipinski definition) is 5. The maximum absolute atomic E-state index is 13.9. The molecule has 0 saturated heterocycles. The number of hydrogen-bond donors (Lipinski definition) is 1. The highest BCUT2D eigenvalue weighted by molar-refractivity contribution is 5.88. The summed E-state index contributed by atoms with van der Waals surface area (Å²) in [6.07, 6.45) is 2.67. The van der Waals surface area contributed by atoms with E-state index in [1.165, 1.54) is 30.3 Å². The van der Waals surface area contributed by atoms with Crippen molar-refractivity contribution in [3.05, 3.63) is 59.8 Å². The molecular weight excluding hydrogens is 315 g/mol. The van der Waals surface area contributed by atoms with E-state index in [2.05, 4.69) is 15.1 Å². The zero-order valence-electron chi connectivity index (χ0n) is 12.7. The van der Waals surface area contributed by atoms with E-state index in [4.69, 9.17) is 4.74 Å². The lowest BCUT2D eigenvalue weighted by Gasteiger charge is -2.08. The summed E-state index contributed by atoms with van der Waals surface area (Å²) in [5.74, 6) is -1.40. The summed E-state index contributed by atoms with van der Waals surface area (Å²) in [5.41, 5.74) is 0.987. The van der Waals surface area contributed by atoms with Crippen molar-refractivity contribution in [2.24, 2.45) is 0 Å². The molecule has 0 radical (unpaired) electrons. The first-order valence-corrected chi connectivity index (χ1v) is 6.99. The summed E-state index contributed by atoms with van der Waals surface area (Å²) in [7, 11) is 1.44. The Morgan fingerprint density at radius 2 is 2.12 bits per heavy atom. The Labute approximate surface area is 136 Å². The van der Waals surface area contributed by atoms with Crippen molar-refractivity contribution in [2.45, 2.75) is 6.61 Å². The Kier molecular flexibility index (Phi) is 4.30. The molecule has 122 valence electrons. The van der Waals surface area contributed by atoms with E-state index in [0.29, 0.717) is 17.0 Å². The predicted molar refractivity (Wildman–Crippen MR) is 82.2 cm³/mol. The highest BCUT2D eigenvalue weighted by Crippen LogP contribution is 2.21. The first-order chi connectivity index (χ1) is 11.6. The van der Waals surface area contributed by atoms with Crippen LogP contribution in [-0.4, -0.2) is 37.9 Å². The molecule has 0 saturated carbocycles. The Bertz CT molecular complexity index is 895. The monoisotopic (exact) mass is 328 g/mol. The molecule has 0 aliphatic carbocycles. The van der Waals surface area contributed by atoms with Gasteiger partial charge in [-0.25, -0.2) is 19.2 Å². The minimum Gasteiger partial charge on any atom is -0.478 e. The van der Waals surface area contributed by atoms with Crippen LogP contribution in [0.1, 0.15) is 16.1 Å². The minimum atomic E-state index is -1.13. The second kappa shape index (κ2) is 6.55. The fourth-order valence-corrected chi connectivity index (χ4v) is 2.27. The van der Waals surface area contributed by atoms with Crippen molar-refractivity contribution in [1.82, 2.24) is 19.7 Å². The lowest BCUT2D eigenvalue weighted by atomic mass is 10.1. The largest absolute Gasteiger partial charge is 0.478 e. The number of aromatic carboxylic acids is 1. The summed E-state index contributed by atoms with van der Waals surface area (Å²) in [4.78, 5) is 19.7. The number of rotatable bonds is 5. The SMILES string of the molecule is COCc1c(C(=O)O)cnn1-c1nccc(-c2ccccc2F)n1. The van der Waals surface area contributed by atoms with Crippen LogP contribution >= 0.6 is 0 Å². The molecule has 0 amide bonds. The number of nitrogens with zero attached hydrogens (tertiary/aromatic N) is 4. The van der Waals surface area contributed by atoms with Crippen molar-refractivity contribution < 1.29 is 19.0 Å². The van der Waals surface area contributed by atoms with Crippen molar-refractivity contribution in [2.75, 3.05) is 7.11 Å². The number of carboxylic acids is 1. The van der Waals surface area contributed by atoms with Gasteiger partial charge in [-0.2, -0.15) is 9.78 Å². The third kappa shape index (κ3) is 2.86. The van der Waals surface area contributed by atoms with E-state index in [-0.39, 0.29) is 18.1 Å². The lowest BCUT2D eigenvalue weighted by molar-refractivity contribution is 0.0691. The van der Waals surface area contributed by atoms with Crippen molar-refractivity contribution in [1.29, 1.82) is 0 Å². The number of methoxy groups -OCH3 is 1. The van der Waals surface area contributed by atoms with Crippen LogP contribution < -0.4 is 0 Å². The third-order valence-electron chi connectivity index (χ3n) is 3.36. The summed E-state index contributed by atoms with van der Waals surface area (Å²) in [6.45, 7) is 0.0227. The zero-order chi connectivity index (χ0) is 17.1. The van der Waals surface area contributed by atoms with Gasteiger partial charge in [-0.05, 0) is 18.2 Å². The van der Waals surface area contributed by atoms with Gasteiger partial charge in [0.05, 0.1) is 24.2 Å². The van der Waals surface area contributed by atoms with E-state index >= 15 is 0 Å². The number of halogens is 1. The van der Waals surface area contributed by atoms with Crippen LogP contribution in [0.15, 0.2) is 42.7 Å². The smallest absolute Gasteiger partial charge is 0.339 e. The average Bonchev–Trinajstić information content (AvgIpc) is 3.00. The minimum absolute atomic E-state index is 0.00301. The second-order valence-corrected chi connectivity index (χ2v) is 4.88. The summed E-state index contributed by atoms with van der Waals surface area (Å²) in [6, 6.07) is 7.80. The topological polar surface area (TPSA) is 90.1 Å². The molecule has 2 aromatic heterocycles. The number of carboxylic acid groups (broad SMARTS) is 1. The highest BCUT2D eigenvalue weighted by atomic mass is 19.1. The van der Waals surface area contributed by atoms with Crippen LogP contribution in [0.25, 0.3) is 17.2 Å². The van der Waals surface area contributed by atoms with Crippen LogP contribution in [0.4, 0.5) is 4.39 Å². The van der Waals surface area contributed by atoms with Gasteiger partial charge >= 0.3 is 5.97 Å². The Balaban J connectivity index is 2.10. The number of benzene rings is 1. The van der Waals surface area contributed by atoms with Crippen LogP contribution in [0.2, 0.25) is 0 Å². The third-order valence-corrected chi connectivity index (χ3v) is 3.36. The van der Waals surface area contributed by atoms with E-state index in [0.717, 1.165) is 0 Å². The van der Waals surface area contributed by atoms with Crippen molar-refractivity contribution in [3.8, 4) is 17.2 Å². The van der Waals surface area contributed by atoms with Gasteiger partial charge in [-0.1, -0.05) is 12.1 Å². The van der Waals surface area contributed by atoms with Gasteiger partial charge in [0.2, 0.25) is 0 Å². The first kappa shape index (κ1) is 15.8. The van der Waals surface area contributed by atoms with Gasteiger partial charge in [0.1, 0.15) is 11.4 Å². The summed E-state index contributed by atoms with van der Waals surface area (Å²) >= 11 is 0. The predicted octanol–water partition coefficient (Wildman–Crippen LogP) is 2.31. The number of ether oxygens (including phenoxy) is 1. The number of carbonyl (C=O) groups is 1. The van der Waals surface area contributed by atoms with Gasteiger partial charge in [0.15, 0.2) is 0 Å². The molecule has 0 atom stereocenters. The van der Waals surface area contributed by atoms with E-state index in [1.54, 1.807) is 24.3 Å². The molecule has 2 heterocycles. The summed E-state index contributed by atoms with van der Waals surface area (Å²) in [5, 5.41) is 13.2. The maximum atomic E-state index is 13.9. The molecule has 3 aromatic rings. The average molecular weight is 328 g/mol. The molecule has 0 aliphatic heterocycles. The van der Waals surface area contributed by atoms with Gasteiger partial charge in [0, 0.05) is 18.9 Å². The van der Waals surface area contributed by atoms with E-state index in [9.17, 15) is 14.3 Å². The second-order valence-electron chi connectivity index (χ2n) is 4.88. The molecule has 7 nitrogen and oxygen atoms in total. The molecule has 0 bridgehead atoms. The van der Waals surface area contributed by atoms with Crippen molar-refractivity contribution >= 4 is 5.97 Å². The Hall–Kier alpha value is -3.13. The van der Waals surface area contributed by atoms with Gasteiger partial charge in [-0.15, -0.1) is 0 Å².